The number of rotatable bonds is 4. The molecule has 3 amide bonds. The molecule has 8 heteroatoms. The summed E-state index contributed by atoms with van der Waals surface area (Å²) in [4.78, 5) is 50.3. The number of aromatic amines is 2. The van der Waals surface area contributed by atoms with Crippen LogP contribution in [-0.4, -0.2) is 68.7 Å². The van der Waals surface area contributed by atoms with Gasteiger partial charge in [-0.2, -0.15) is 0 Å². The van der Waals surface area contributed by atoms with Crippen molar-refractivity contribution in [2.75, 3.05) is 13.1 Å². The van der Waals surface area contributed by atoms with E-state index in [2.05, 4.69) is 15.3 Å². The Labute approximate surface area is 215 Å². The highest BCUT2D eigenvalue weighted by molar-refractivity contribution is 6.01. The van der Waals surface area contributed by atoms with Crippen molar-refractivity contribution in [2.45, 2.75) is 45.3 Å². The van der Waals surface area contributed by atoms with E-state index in [1.54, 1.807) is 6.07 Å². The number of nitrogens with one attached hydrogen (secondary N) is 3. The predicted octanol–water partition coefficient (Wildman–Crippen LogP) is 3.92. The van der Waals surface area contributed by atoms with Gasteiger partial charge < -0.3 is 25.1 Å². The molecule has 3 atom stereocenters. The normalized spacial score (nSPS) is 20.1. The predicted molar refractivity (Wildman–Crippen MR) is 142 cm³/mol. The third-order valence-electron chi connectivity index (χ3n) is 7.75. The number of piperazine rings is 1. The van der Waals surface area contributed by atoms with Crippen molar-refractivity contribution >= 4 is 39.5 Å². The number of H-pyrrole nitrogens is 2. The zero-order chi connectivity index (χ0) is 25.9. The van der Waals surface area contributed by atoms with Gasteiger partial charge in [0, 0.05) is 46.7 Å². The number of carbonyl (C=O) groups is 3. The molecule has 2 aliphatic rings. The Morgan fingerprint density at radius 3 is 2.38 bits per heavy atom. The first-order valence-electron chi connectivity index (χ1n) is 12.8. The molecule has 8 nitrogen and oxygen atoms in total. The molecule has 0 aliphatic carbocycles. The van der Waals surface area contributed by atoms with E-state index in [0.29, 0.717) is 24.3 Å². The van der Waals surface area contributed by atoms with Crippen LogP contribution in [0.4, 0.5) is 0 Å². The maximum Gasteiger partial charge on any atom is 0.268 e. The quantitative estimate of drug-likeness (QED) is 0.398. The molecular formula is C29H31N5O3. The third-order valence-corrected chi connectivity index (χ3v) is 7.75. The van der Waals surface area contributed by atoms with Crippen LogP contribution in [-0.2, 0) is 4.79 Å². The van der Waals surface area contributed by atoms with Crippen molar-refractivity contribution in [1.29, 1.82) is 0 Å². The van der Waals surface area contributed by atoms with Gasteiger partial charge in [0.15, 0.2) is 0 Å². The van der Waals surface area contributed by atoms with Crippen molar-refractivity contribution in [2.24, 2.45) is 5.41 Å². The number of hydrogen-bond donors (Lipinski definition) is 3. The zero-order valence-electron chi connectivity index (χ0n) is 21.2. The maximum absolute atomic E-state index is 13.8. The molecule has 2 aromatic carbocycles. The number of fused-ring (bicyclic) bond motifs is 4. The van der Waals surface area contributed by atoms with E-state index < -0.39 is 11.5 Å². The van der Waals surface area contributed by atoms with Gasteiger partial charge in [-0.1, -0.05) is 39.0 Å². The van der Waals surface area contributed by atoms with Gasteiger partial charge in [-0.25, -0.2) is 0 Å². The molecule has 2 bridgehead atoms. The van der Waals surface area contributed by atoms with Crippen LogP contribution in [0.2, 0.25) is 0 Å². The van der Waals surface area contributed by atoms with Gasteiger partial charge >= 0.3 is 0 Å². The molecule has 0 radical (unpaired) electrons. The smallest absolute Gasteiger partial charge is 0.268 e. The monoisotopic (exact) mass is 497 g/mol. The van der Waals surface area contributed by atoms with Crippen molar-refractivity contribution in [3.05, 3.63) is 72.1 Å². The first-order chi connectivity index (χ1) is 17.7. The summed E-state index contributed by atoms with van der Waals surface area (Å²) in [6, 6.07) is 16.4. The molecule has 2 saturated heterocycles. The first kappa shape index (κ1) is 23.3. The first-order valence-corrected chi connectivity index (χ1v) is 12.8. The van der Waals surface area contributed by atoms with Crippen molar-refractivity contribution in [3.8, 4) is 0 Å². The van der Waals surface area contributed by atoms with Gasteiger partial charge in [0.2, 0.25) is 5.91 Å². The Balaban J connectivity index is 1.16. The molecule has 190 valence electrons. The SMILES string of the molecule is CC(C)(C)[C@H](NC(=O)c1cc2ccccc2[nH]1)C(=O)N1C[C@@H]2C[C@H]1CN2C(=O)c1ccc2[nH]ccc2c1. The molecule has 4 aromatic rings. The second kappa shape index (κ2) is 8.50. The molecule has 6 rings (SSSR count). The summed E-state index contributed by atoms with van der Waals surface area (Å²) >= 11 is 0. The zero-order valence-corrected chi connectivity index (χ0v) is 21.2. The van der Waals surface area contributed by atoms with E-state index in [9.17, 15) is 14.4 Å². The lowest BCUT2D eigenvalue weighted by Gasteiger charge is -2.39. The van der Waals surface area contributed by atoms with Crippen LogP contribution >= 0.6 is 0 Å². The molecule has 0 spiro atoms. The molecular weight excluding hydrogens is 466 g/mol. The minimum atomic E-state index is -0.689. The van der Waals surface area contributed by atoms with Gasteiger partial charge in [0.1, 0.15) is 11.7 Å². The summed E-state index contributed by atoms with van der Waals surface area (Å²) in [5.74, 6) is -0.390. The number of aromatic nitrogens is 2. The van der Waals surface area contributed by atoms with Crippen LogP contribution in [0.5, 0.6) is 0 Å². The average molecular weight is 498 g/mol. The molecule has 0 saturated carbocycles. The van der Waals surface area contributed by atoms with Gasteiger partial charge in [-0.05, 0) is 48.2 Å². The topological polar surface area (TPSA) is 101 Å². The molecule has 2 aliphatic heterocycles. The molecule has 2 aromatic heterocycles. The highest BCUT2D eigenvalue weighted by Crippen LogP contribution is 2.34. The summed E-state index contributed by atoms with van der Waals surface area (Å²) < 4.78 is 0. The van der Waals surface area contributed by atoms with Crippen LogP contribution in [0.25, 0.3) is 21.8 Å². The second-order valence-corrected chi connectivity index (χ2v) is 11.3. The Hall–Kier alpha value is -4.07. The van der Waals surface area contributed by atoms with Crippen LogP contribution in [0.3, 0.4) is 0 Å². The fourth-order valence-corrected chi connectivity index (χ4v) is 5.76. The van der Waals surface area contributed by atoms with E-state index in [-0.39, 0.29) is 29.8 Å². The highest BCUT2D eigenvalue weighted by Gasteiger charge is 2.49. The van der Waals surface area contributed by atoms with Crippen LogP contribution in [0.1, 0.15) is 48.0 Å². The van der Waals surface area contributed by atoms with E-state index in [1.165, 1.54) is 0 Å². The summed E-state index contributed by atoms with van der Waals surface area (Å²) in [6.07, 6.45) is 2.62. The lowest BCUT2D eigenvalue weighted by molar-refractivity contribution is -0.138. The Kier molecular flexibility index (Phi) is 5.36. The summed E-state index contributed by atoms with van der Waals surface area (Å²) in [5, 5.41) is 4.95. The summed E-state index contributed by atoms with van der Waals surface area (Å²) in [7, 11) is 0. The lowest BCUT2D eigenvalue weighted by atomic mass is 9.85. The fraction of sp³-hybridized carbons (Fsp3) is 0.345. The number of hydrogen-bond acceptors (Lipinski definition) is 3. The van der Waals surface area contributed by atoms with Crippen molar-refractivity contribution in [1.82, 2.24) is 25.1 Å². The number of para-hydroxylation sites is 1. The number of carbonyl (C=O) groups excluding carboxylic acids is 3. The fourth-order valence-electron chi connectivity index (χ4n) is 5.76. The van der Waals surface area contributed by atoms with E-state index in [4.69, 9.17) is 0 Å². The van der Waals surface area contributed by atoms with Gasteiger partial charge in [0.05, 0.1) is 12.1 Å². The molecule has 4 heterocycles. The Bertz CT molecular complexity index is 1490. The van der Waals surface area contributed by atoms with Crippen LogP contribution < -0.4 is 5.32 Å². The van der Waals surface area contributed by atoms with Crippen molar-refractivity contribution in [3.63, 3.8) is 0 Å². The summed E-state index contributed by atoms with van der Waals surface area (Å²) in [6.45, 7) is 6.87. The number of benzene rings is 2. The van der Waals surface area contributed by atoms with Crippen LogP contribution in [0, 0.1) is 5.41 Å². The van der Waals surface area contributed by atoms with Gasteiger partial charge in [-0.15, -0.1) is 0 Å². The Morgan fingerprint density at radius 2 is 1.65 bits per heavy atom. The minimum Gasteiger partial charge on any atom is -0.361 e. The number of nitrogens with zero attached hydrogens (tertiary/aromatic N) is 2. The average Bonchev–Trinajstić information content (AvgIpc) is 3.67. The second-order valence-electron chi connectivity index (χ2n) is 11.3. The van der Waals surface area contributed by atoms with Crippen LogP contribution in [0.15, 0.2) is 60.8 Å². The van der Waals surface area contributed by atoms with E-state index in [1.807, 2.05) is 85.3 Å². The molecule has 2 fully saturated rings. The summed E-state index contributed by atoms with van der Waals surface area (Å²) in [5.41, 5.74) is 2.49. The standard InChI is InChI=1S/C29H31N5O3/c1-29(2,3)25(32-26(35)24-13-17-6-4-5-7-23(17)31-24)28(37)34-16-20-14-21(34)15-33(20)27(36)19-8-9-22-18(12-19)10-11-30-22/h4-13,20-21,25,30-31H,14-16H2,1-3H3,(H,32,35)/t20-,21-,25+/m0/s1. The van der Waals surface area contributed by atoms with E-state index >= 15 is 0 Å². The third kappa shape index (κ3) is 4.06. The highest BCUT2D eigenvalue weighted by atomic mass is 16.2. The lowest BCUT2D eigenvalue weighted by Crippen LogP contribution is -2.59. The minimum absolute atomic E-state index is 0.00202. The number of likely N-dealkylation sites (tertiary alicyclic amines) is 2. The van der Waals surface area contributed by atoms with Crippen molar-refractivity contribution < 1.29 is 14.4 Å². The number of amides is 3. The molecule has 37 heavy (non-hydrogen) atoms. The molecule has 3 N–H and O–H groups in total. The maximum atomic E-state index is 13.8. The van der Waals surface area contributed by atoms with E-state index in [0.717, 1.165) is 28.2 Å². The largest absolute Gasteiger partial charge is 0.361 e. The van der Waals surface area contributed by atoms with Gasteiger partial charge in [0.25, 0.3) is 11.8 Å². The molecule has 0 unspecified atom stereocenters. The van der Waals surface area contributed by atoms with Gasteiger partial charge in [-0.3, -0.25) is 14.4 Å². The Morgan fingerprint density at radius 1 is 0.919 bits per heavy atom.